The van der Waals surface area contributed by atoms with Crippen molar-refractivity contribution in [2.75, 3.05) is 32.7 Å². The quantitative estimate of drug-likeness (QED) is 0.866. The maximum absolute atomic E-state index is 12.5. The lowest BCUT2D eigenvalue weighted by Crippen LogP contribution is -2.53. The van der Waals surface area contributed by atoms with E-state index in [0.29, 0.717) is 19.6 Å². The summed E-state index contributed by atoms with van der Waals surface area (Å²) in [5, 5.41) is 9.72. The van der Waals surface area contributed by atoms with E-state index in [1.165, 1.54) is 0 Å². The van der Waals surface area contributed by atoms with Crippen LogP contribution >= 0.6 is 0 Å². The summed E-state index contributed by atoms with van der Waals surface area (Å²) in [6, 6.07) is 7.74. The molecule has 1 amide bonds. The molecule has 1 aliphatic heterocycles. The van der Waals surface area contributed by atoms with Crippen LogP contribution in [-0.2, 0) is 4.79 Å². The number of para-hydroxylation sites is 1. The van der Waals surface area contributed by atoms with Gasteiger partial charge < -0.3 is 14.7 Å². The van der Waals surface area contributed by atoms with Crippen molar-refractivity contribution < 1.29 is 14.6 Å². The Balaban J connectivity index is 1.83. The van der Waals surface area contributed by atoms with Crippen molar-refractivity contribution in [3.63, 3.8) is 0 Å². The van der Waals surface area contributed by atoms with Gasteiger partial charge in [0.05, 0.1) is 6.10 Å². The number of aliphatic hydroxyl groups is 1. The predicted molar refractivity (Wildman–Crippen MR) is 90.6 cm³/mol. The minimum absolute atomic E-state index is 0.0314. The Labute approximate surface area is 138 Å². The summed E-state index contributed by atoms with van der Waals surface area (Å²) in [5.74, 6) is 0.794. The topological polar surface area (TPSA) is 53.0 Å². The summed E-state index contributed by atoms with van der Waals surface area (Å²) >= 11 is 0. The average molecular weight is 320 g/mol. The van der Waals surface area contributed by atoms with Crippen molar-refractivity contribution in [3.8, 4) is 5.75 Å². The van der Waals surface area contributed by atoms with Gasteiger partial charge in [0.15, 0.2) is 6.10 Å². The van der Waals surface area contributed by atoms with Crippen molar-refractivity contribution in [2.45, 2.75) is 39.4 Å². The molecular formula is C18H28N2O3. The van der Waals surface area contributed by atoms with Crippen LogP contribution in [0.1, 0.15) is 25.8 Å². The van der Waals surface area contributed by atoms with E-state index in [4.69, 9.17) is 4.74 Å². The number of carbonyl (C=O) groups excluding carboxylic acids is 1. The molecule has 1 heterocycles. The van der Waals surface area contributed by atoms with Gasteiger partial charge in [-0.1, -0.05) is 25.1 Å². The van der Waals surface area contributed by atoms with E-state index < -0.39 is 6.10 Å². The van der Waals surface area contributed by atoms with Crippen LogP contribution < -0.4 is 4.74 Å². The molecule has 0 aliphatic carbocycles. The molecule has 1 fully saturated rings. The highest BCUT2D eigenvalue weighted by Gasteiger charge is 2.26. The second-order valence-electron chi connectivity index (χ2n) is 6.21. The lowest BCUT2D eigenvalue weighted by molar-refractivity contribution is -0.139. The molecule has 128 valence electrons. The van der Waals surface area contributed by atoms with Gasteiger partial charge >= 0.3 is 0 Å². The normalized spacial score (nSPS) is 18.5. The lowest BCUT2D eigenvalue weighted by atomic mass is 10.2. The van der Waals surface area contributed by atoms with Crippen LogP contribution in [0.15, 0.2) is 24.3 Å². The molecule has 2 rings (SSSR count). The number of carbonyl (C=O) groups is 1. The van der Waals surface area contributed by atoms with Crippen LogP contribution in [-0.4, -0.2) is 65.7 Å². The summed E-state index contributed by atoms with van der Waals surface area (Å²) < 4.78 is 5.82. The van der Waals surface area contributed by atoms with Gasteiger partial charge in [-0.25, -0.2) is 0 Å². The Bertz CT molecular complexity index is 513. The van der Waals surface area contributed by atoms with Gasteiger partial charge in [-0.2, -0.15) is 0 Å². The number of hydrogen-bond acceptors (Lipinski definition) is 4. The number of rotatable bonds is 6. The van der Waals surface area contributed by atoms with Gasteiger partial charge in [-0.3, -0.25) is 9.69 Å². The molecule has 1 aromatic carbocycles. The number of amides is 1. The Morgan fingerprint density at radius 2 is 1.91 bits per heavy atom. The molecule has 1 aliphatic rings. The minimum Gasteiger partial charge on any atom is -0.481 e. The fourth-order valence-corrected chi connectivity index (χ4v) is 2.76. The van der Waals surface area contributed by atoms with Gasteiger partial charge in [0.1, 0.15) is 5.75 Å². The first kappa shape index (κ1) is 17.8. The van der Waals surface area contributed by atoms with Gasteiger partial charge in [0, 0.05) is 32.7 Å². The SMILES string of the molecule is CC[C@@H](O)CN1CCN(C(=O)C(C)Oc2ccccc2C)CC1. The first-order valence-corrected chi connectivity index (χ1v) is 8.42. The van der Waals surface area contributed by atoms with E-state index in [-0.39, 0.29) is 12.0 Å². The van der Waals surface area contributed by atoms with E-state index in [9.17, 15) is 9.90 Å². The highest BCUT2D eigenvalue weighted by Crippen LogP contribution is 2.18. The monoisotopic (exact) mass is 320 g/mol. The number of nitrogens with zero attached hydrogens (tertiary/aromatic N) is 2. The molecule has 0 radical (unpaired) electrons. The maximum atomic E-state index is 12.5. The van der Waals surface area contributed by atoms with Gasteiger partial charge in [-0.15, -0.1) is 0 Å². The number of piperazine rings is 1. The van der Waals surface area contributed by atoms with Crippen LogP contribution in [0.5, 0.6) is 5.75 Å². The van der Waals surface area contributed by atoms with E-state index in [2.05, 4.69) is 4.90 Å². The number of benzene rings is 1. The van der Waals surface area contributed by atoms with E-state index in [1.54, 1.807) is 0 Å². The zero-order valence-corrected chi connectivity index (χ0v) is 14.4. The number of aryl methyl sites for hydroxylation is 1. The molecule has 23 heavy (non-hydrogen) atoms. The number of β-amino-alcohol motifs (C(OH)–C–C–N with tert-alkyl or cyclic N) is 1. The number of aliphatic hydroxyl groups excluding tert-OH is 1. The van der Waals surface area contributed by atoms with E-state index in [1.807, 2.05) is 49.9 Å². The van der Waals surface area contributed by atoms with Crippen LogP contribution in [0.3, 0.4) is 0 Å². The Kier molecular flexibility index (Phi) is 6.42. The molecule has 0 bridgehead atoms. The second-order valence-corrected chi connectivity index (χ2v) is 6.21. The Morgan fingerprint density at radius 1 is 1.26 bits per heavy atom. The van der Waals surface area contributed by atoms with Crippen molar-refractivity contribution >= 4 is 5.91 Å². The number of ether oxygens (including phenoxy) is 1. The third-order valence-corrected chi connectivity index (χ3v) is 4.37. The van der Waals surface area contributed by atoms with Crippen LogP contribution in [0.2, 0.25) is 0 Å². The summed E-state index contributed by atoms with van der Waals surface area (Å²) in [6.07, 6.45) is 0.00456. The van der Waals surface area contributed by atoms with Gasteiger partial charge in [-0.05, 0) is 31.9 Å². The fourth-order valence-electron chi connectivity index (χ4n) is 2.76. The first-order valence-electron chi connectivity index (χ1n) is 8.42. The van der Waals surface area contributed by atoms with Crippen molar-refractivity contribution in [3.05, 3.63) is 29.8 Å². The summed E-state index contributed by atoms with van der Waals surface area (Å²) in [6.45, 7) is 9.45. The summed E-state index contributed by atoms with van der Waals surface area (Å²) in [5.41, 5.74) is 1.03. The standard InChI is InChI=1S/C18H28N2O3/c1-4-16(21)13-19-9-11-20(12-10-19)18(22)15(3)23-17-8-6-5-7-14(17)2/h5-8,15-16,21H,4,9-13H2,1-3H3/t15?,16-/m1/s1. The molecule has 1 saturated heterocycles. The zero-order valence-electron chi connectivity index (χ0n) is 14.4. The maximum Gasteiger partial charge on any atom is 0.263 e. The fraction of sp³-hybridized carbons (Fsp3) is 0.611. The van der Waals surface area contributed by atoms with Crippen molar-refractivity contribution in [1.82, 2.24) is 9.80 Å². The van der Waals surface area contributed by atoms with E-state index in [0.717, 1.165) is 30.8 Å². The molecule has 5 nitrogen and oxygen atoms in total. The van der Waals surface area contributed by atoms with Crippen LogP contribution in [0.25, 0.3) is 0 Å². The molecule has 0 spiro atoms. The van der Waals surface area contributed by atoms with Crippen molar-refractivity contribution in [2.24, 2.45) is 0 Å². The van der Waals surface area contributed by atoms with Crippen LogP contribution in [0, 0.1) is 6.92 Å². The van der Waals surface area contributed by atoms with Crippen molar-refractivity contribution in [1.29, 1.82) is 0 Å². The average Bonchev–Trinajstić information content (AvgIpc) is 2.56. The lowest BCUT2D eigenvalue weighted by Gasteiger charge is -2.36. The molecule has 2 atom stereocenters. The molecule has 1 N–H and O–H groups in total. The Morgan fingerprint density at radius 3 is 2.52 bits per heavy atom. The highest BCUT2D eigenvalue weighted by molar-refractivity contribution is 5.81. The molecule has 0 saturated carbocycles. The zero-order chi connectivity index (χ0) is 16.8. The summed E-state index contributed by atoms with van der Waals surface area (Å²) in [4.78, 5) is 16.6. The van der Waals surface area contributed by atoms with Gasteiger partial charge in [0.25, 0.3) is 5.91 Å². The summed E-state index contributed by atoms with van der Waals surface area (Å²) in [7, 11) is 0. The van der Waals surface area contributed by atoms with E-state index >= 15 is 0 Å². The number of hydrogen-bond donors (Lipinski definition) is 1. The predicted octanol–water partition coefficient (Wildman–Crippen LogP) is 1.68. The van der Waals surface area contributed by atoms with Gasteiger partial charge in [0.2, 0.25) is 0 Å². The third-order valence-electron chi connectivity index (χ3n) is 4.37. The molecular weight excluding hydrogens is 292 g/mol. The molecule has 1 unspecified atom stereocenters. The smallest absolute Gasteiger partial charge is 0.263 e. The minimum atomic E-state index is -0.483. The van der Waals surface area contributed by atoms with Crippen LogP contribution in [0.4, 0.5) is 0 Å². The third kappa shape index (κ3) is 4.94. The highest BCUT2D eigenvalue weighted by atomic mass is 16.5. The first-order chi connectivity index (χ1) is 11.0. The molecule has 1 aromatic rings. The Hall–Kier alpha value is -1.59. The molecule has 5 heteroatoms. The largest absolute Gasteiger partial charge is 0.481 e. The molecule has 0 aromatic heterocycles. The second kappa shape index (κ2) is 8.31.